The van der Waals surface area contributed by atoms with Crippen molar-refractivity contribution in [3.63, 3.8) is 0 Å². The van der Waals surface area contributed by atoms with E-state index in [1.807, 2.05) is 42.7 Å². The average molecular weight is 344 g/mol. The lowest BCUT2D eigenvalue weighted by molar-refractivity contribution is 0.0291. The maximum absolute atomic E-state index is 9.18. The maximum Gasteiger partial charge on any atom is 0.138 e. The van der Waals surface area contributed by atoms with Crippen molar-refractivity contribution < 1.29 is 10.4 Å². The van der Waals surface area contributed by atoms with Crippen LogP contribution in [0.5, 0.6) is 0 Å². The Morgan fingerprint density at radius 1 is 0.923 bits per heavy atom. The Morgan fingerprint density at radius 3 is 2.54 bits per heavy atom. The molecule has 4 aromatic rings. The molecular weight excluding hydrogens is 328 g/mol. The van der Waals surface area contributed by atoms with Gasteiger partial charge >= 0.3 is 0 Å². The molecule has 2 aromatic carbocycles. The molecule has 0 saturated heterocycles. The van der Waals surface area contributed by atoms with Crippen LogP contribution in [0.3, 0.4) is 0 Å². The fourth-order valence-electron chi connectivity index (χ4n) is 3.67. The Bertz CT molecular complexity index is 1100. The zero-order valence-corrected chi connectivity index (χ0v) is 13.7. The Morgan fingerprint density at radius 2 is 1.73 bits per heavy atom. The SMILES string of the molecule is ON(O)c1ccc(C2Nc3ccccc3-c3ccnc4[nH]cc2c34)cc1. The van der Waals surface area contributed by atoms with Crippen molar-refractivity contribution in [2.45, 2.75) is 6.04 Å². The summed E-state index contributed by atoms with van der Waals surface area (Å²) in [6, 6.07) is 17.3. The molecule has 0 fully saturated rings. The number of aromatic nitrogens is 2. The first-order valence-corrected chi connectivity index (χ1v) is 8.32. The largest absolute Gasteiger partial charge is 0.374 e. The summed E-state index contributed by atoms with van der Waals surface area (Å²) >= 11 is 0. The molecular formula is C20H16N4O2. The molecule has 6 nitrogen and oxygen atoms in total. The average Bonchev–Trinajstić information content (AvgIpc) is 3.04. The van der Waals surface area contributed by atoms with Gasteiger partial charge in [0.25, 0.3) is 0 Å². The van der Waals surface area contributed by atoms with E-state index in [0.717, 1.165) is 39.0 Å². The van der Waals surface area contributed by atoms with E-state index in [0.29, 0.717) is 5.69 Å². The highest BCUT2D eigenvalue weighted by molar-refractivity contribution is 6.01. The number of hydrogen-bond acceptors (Lipinski definition) is 5. The second-order valence-electron chi connectivity index (χ2n) is 6.33. The van der Waals surface area contributed by atoms with E-state index in [1.165, 1.54) is 0 Å². The standard InChI is InChI=1S/C20H16N4O2/c25-24(26)13-7-5-12(6-8-13)19-16-11-22-20-18(16)15(9-10-21-20)14-3-1-2-4-17(14)23-19/h1-11,19,23,25-26H,(H,21,22). The van der Waals surface area contributed by atoms with Gasteiger partial charge in [0.1, 0.15) is 5.65 Å². The third-order valence-corrected chi connectivity index (χ3v) is 4.89. The van der Waals surface area contributed by atoms with Gasteiger partial charge in [0, 0.05) is 34.6 Å². The number of rotatable bonds is 2. The number of aromatic amines is 1. The van der Waals surface area contributed by atoms with E-state index in [2.05, 4.69) is 27.4 Å². The van der Waals surface area contributed by atoms with Crippen molar-refractivity contribution in [1.82, 2.24) is 9.97 Å². The number of nitrogens with one attached hydrogen (secondary N) is 2. The minimum absolute atomic E-state index is 0.0877. The maximum atomic E-state index is 9.18. The fourth-order valence-corrected chi connectivity index (χ4v) is 3.67. The Labute approximate surface area is 149 Å². The first-order valence-electron chi connectivity index (χ1n) is 8.32. The molecule has 6 heteroatoms. The highest BCUT2D eigenvalue weighted by atomic mass is 16.8. The molecule has 0 amide bonds. The molecule has 5 rings (SSSR count). The van der Waals surface area contributed by atoms with E-state index in [1.54, 1.807) is 12.1 Å². The molecule has 128 valence electrons. The lowest BCUT2D eigenvalue weighted by Crippen LogP contribution is -2.13. The number of nitrogens with zero attached hydrogens (tertiary/aromatic N) is 2. The molecule has 0 spiro atoms. The molecule has 2 aromatic heterocycles. The molecule has 0 bridgehead atoms. The first-order chi connectivity index (χ1) is 12.7. The quantitative estimate of drug-likeness (QED) is 0.407. The van der Waals surface area contributed by atoms with Gasteiger partial charge in [-0.25, -0.2) is 4.98 Å². The number of para-hydroxylation sites is 1. The highest BCUT2D eigenvalue weighted by Gasteiger charge is 2.25. The summed E-state index contributed by atoms with van der Waals surface area (Å²) in [5, 5.41) is 23.2. The number of anilines is 2. The predicted molar refractivity (Wildman–Crippen MR) is 99.5 cm³/mol. The van der Waals surface area contributed by atoms with Gasteiger partial charge in [0.15, 0.2) is 0 Å². The highest BCUT2D eigenvalue weighted by Crippen LogP contribution is 2.43. The predicted octanol–water partition coefficient (Wildman–Crippen LogP) is 4.33. The van der Waals surface area contributed by atoms with Gasteiger partial charge in [-0.3, -0.25) is 10.4 Å². The first kappa shape index (κ1) is 14.9. The molecule has 3 heterocycles. The van der Waals surface area contributed by atoms with Crippen LogP contribution in [0.4, 0.5) is 11.4 Å². The summed E-state index contributed by atoms with van der Waals surface area (Å²) in [6.45, 7) is 0. The summed E-state index contributed by atoms with van der Waals surface area (Å²) in [4.78, 5) is 7.74. The van der Waals surface area contributed by atoms with Gasteiger partial charge in [-0.1, -0.05) is 30.3 Å². The fraction of sp³-hybridized carbons (Fsp3) is 0.0500. The number of H-pyrrole nitrogens is 1. The number of hydrogen-bond donors (Lipinski definition) is 4. The molecule has 1 unspecified atom stereocenters. The minimum atomic E-state index is -0.0877. The van der Waals surface area contributed by atoms with Gasteiger partial charge in [-0.05, 0) is 35.4 Å². The lowest BCUT2D eigenvalue weighted by Gasteiger charge is -2.20. The van der Waals surface area contributed by atoms with Crippen LogP contribution >= 0.6 is 0 Å². The van der Waals surface area contributed by atoms with Crippen LogP contribution in [0.1, 0.15) is 17.2 Å². The number of fused-ring (bicyclic) bond motifs is 2. The van der Waals surface area contributed by atoms with Crippen LogP contribution in [0.25, 0.3) is 22.2 Å². The van der Waals surface area contributed by atoms with Crippen molar-refractivity contribution in [1.29, 1.82) is 0 Å². The smallest absolute Gasteiger partial charge is 0.138 e. The summed E-state index contributed by atoms with van der Waals surface area (Å²) in [6.07, 6.45) is 3.81. The molecule has 1 aliphatic heterocycles. The number of benzene rings is 2. The van der Waals surface area contributed by atoms with Crippen LogP contribution < -0.4 is 10.5 Å². The molecule has 4 N–H and O–H groups in total. The Kier molecular flexibility index (Phi) is 3.21. The normalized spacial score (nSPS) is 15.2. The van der Waals surface area contributed by atoms with Crippen LogP contribution in [0, 0.1) is 0 Å². The van der Waals surface area contributed by atoms with E-state index in [-0.39, 0.29) is 11.3 Å². The van der Waals surface area contributed by atoms with Gasteiger partial charge < -0.3 is 10.3 Å². The monoisotopic (exact) mass is 344 g/mol. The van der Waals surface area contributed by atoms with E-state index in [4.69, 9.17) is 0 Å². The second kappa shape index (κ2) is 5.59. The summed E-state index contributed by atoms with van der Waals surface area (Å²) in [7, 11) is 0. The molecule has 1 atom stereocenters. The molecule has 0 saturated carbocycles. The second-order valence-corrected chi connectivity index (χ2v) is 6.33. The Hall–Kier alpha value is -3.35. The van der Waals surface area contributed by atoms with Gasteiger partial charge in [-0.15, -0.1) is 5.23 Å². The van der Waals surface area contributed by atoms with E-state index >= 15 is 0 Å². The summed E-state index contributed by atoms with van der Waals surface area (Å²) < 4.78 is 0. The molecule has 0 radical (unpaired) electrons. The van der Waals surface area contributed by atoms with Gasteiger partial charge in [0.05, 0.1) is 11.7 Å². The van der Waals surface area contributed by atoms with Crippen molar-refractivity contribution in [2.24, 2.45) is 0 Å². The minimum Gasteiger partial charge on any atom is -0.374 e. The zero-order chi connectivity index (χ0) is 17.7. The van der Waals surface area contributed by atoms with Crippen LogP contribution in [-0.2, 0) is 0 Å². The zero-order valence-electron chi connectivity index (χ0n) is 13.7. The van der Waals surface area contributed by atoms with Gasteiger partial charge in [-0.2, -0.15) is 0 Å². The third kappa shape index (κ3) is 2.17. The van der Waals surface area contributed by atoms with E-state index in [9.17, 15) is 10.4 Å². The van der Waals surface area contributed by atoms with Crippen molar-refractivity contribution in [3.8, 4) is 11.1 Å². The van der Waals surface area contributed by atoms with Crippen LogP contribution in [0.2, 0.25) is 0 Å². The van der Waals surface area contributed by atoms with E-state index < -0.39 is 0 Å². The Balaban J connectivity index is 1.74. The molecule has 1 aliphatic rings. The summed E-state index contributed by atoms with van der Waals surface area (Å²) in [5.74, 6) is 0. The van der Waals surface area contributed by atoms with Crippen molar-refractivity contribution in [3.05, 3.63) is 78.1 Å². The van der Waals surface area contributed by atoms with Crippen LogP contribution in [0.15, 0.2) is 67.0 Å². The van der Waals surface area contributed by atoms with Crippen molar-refractivity contribution >= 4 is 22.4 Å². The van der Waals surface area contributed by atoms with Gasteiger partial charge in [0.2, 0.25) is 0 Å². The summed E-state index contributed by atoms with van der Waals surface area (Å²) in [5.41, 5.74) is 6.62. The topological polar surface area (TPSA) is 84.4 Å². The molecule has 26 heavy (non-hydrogen) atoms. The lowest BCUT2D eigenvalue weighted by atomic mass is 9.97. The third-order valence-electron chi connectivity index (χ3n) is 4.89. The number of pyridine rings is 1. The van der Waals surface area contributed by atoms with Crippen LogP contribution in [-0.4, -0.2) is 20.4 Å². The molecule has 0 aliphatic carbocycles. The van der Waals surface area contributed by atoms with Crippen molar-refractivity contribution in [2.75, 3.05) is 10.5 Å².